The van der Waals surface area contributed by atoms with Crippen LogP contribution in [0.4, 0.5) is 22.6 Å². The number of hydrogen-bond donors (Lipinski definition) is 2. The van der Waals surface area contributed by atoms with Crippen LogP contribution in [0, 0.1) is 6.92 Å². The van der Waals surface area contributed by atoms with Crippen LogP contribution in [0.5, 0.6) is 0 Å². The maximum atomic E-state index is 12.9. The minimum atomic E-state index is -0.364. The predicted octanol–water partition coefficient (Wildman–Crippen LogP) is 3.86. The van der Waals surface area contributed by atoms with E-state index >= 15 is 0 Å². The Labute approximate surface area is 194 Å². The first-order chi connectivity index (χ1) is 14.8. The van der Waals surface area contributed by atoms with Crippen LogP contribution in [0.25, 0.3) is 0 Å². The van der Waals surface area contributed by atoms with Crippen LogP contribution < -0.4 is 16.0 Å². The number of nitrogens with zero attached hydrogens (tertiary/aromatic N) is 5. The van der Waals surface area contributed by atoms with Gasteiger partial charge >= 0.3 is 0 Å². The first kappa shape index (κ1) is 21.8. The first-order valence-electron chi connectivity index (χ1n) is 9.62. The van der Waals surface area contributed by atoms with E-state index in [0.717, 1.165) is 43.2 Å². The summed E-state index contributed by atoms with van der Waals surface area (Å²) in [6.45, 7) is 5.64. The zero-order chi connectivity index (χ0) is 22.1. The largest absolute Gasteiger partial charge is 0.382 e. The third-order valence-corrected chi connectivity index (χ3v) is 6.66. The van der Waals surface area contributed by atoms with Gasteiger partial charge in [0.2, 0.25) is 11.7 Å². The second-order valence-electron chi connectivity index (χ2n) is 7.24. The molecule has 0 bridgehead atoms. The van der Waals surface area contributed by atoms with Crippen molar-refractivity contribution in [2.24, 2.45) is 0 Å². The fourth-order valence-corrected chi connectivity index (χ4v) is 4.64. The lowest BCUT2D eigenvalue weighted by Gasteiger charge is -2.32. The van der Waals surface area contributed by atoms with Gasteiger partial charge in [-0.25, -0.2) is 15.0 Å². The average molecular weight is 478 g/mol. The summed E-state index contributed by atoms with van der Waals surface area (Å²) in [7, 11) is 2.11. The molecule has 1 aliphatic heterocycles. The molecule has 31 heavy (non-hydrogen) atoms. The van der Waals surface area contributed by atoms with Crippen LogP contribution in [0.3, 0.4) is 0 Å². The Balaban J connectivity index is 1.54. The van der Waals surface area contributed by atoms with Gasteiger partial charge in [-0.15, -0.1) is 0 Å². The van der Waals surface area contributed by atoms with Crippen LogP contribution in [-0.4, -0.2) is 58.9 Å². The van der Waals surface area contributed by atoms with Crippen molar-refractivity contribution < 1.29 is 4.79 Å². The van der Waals surface area contributed by atoms with Crippen molar-refractivity contribution >= 4 is 62.9 Å². The molecule has 3 aromatic rings. The lowest BCUT2D eigenvalue weighted by atomic mass is 10.1. The molecule has 0 spiro atoms. The SMILES string of the molecule is Cc1nc(N2CCN(C)CC2)ncc1Nc1nc(N)c(C(=O)c2c(Cl)cccc2Cl)s1. The smallest absolute Gasteiger partial charge is 0.225 e. The number of nitrogen functional groups attached to an aromatic ring is 1. The van der Waals surface area contributed by atoms with Crippen LogP contribution in [0.15, 0.2) is 24.4 Å². The highest BCUT2D eigenvalue weighted by atomic mass is 35.5. The molecule has 1 fully saturated rings. The van der Waals surface area contributed by atoms with Crippen molar-refractivity contribution in [3.05, 3.63) is 50.6 Å². The van der Waals surface area contributed by atoms with Crippen molar-refractivity contribution in [3.63, 3.8) is 0 Å². The Kier molecular flexibility index (Phi) is 6.29. The molecule has 1 aliphatic rings. The Bertz CT molecular complexity index is 1110. The molecular weight excluding hydrogens is 457 g/mol. The number of aryl methyl sites for hydroxylation is 1. The molecule has 8 nitrogen and oxygen atoms in total. The lowest BCUT2D eigenvalue weighted by Crippen LogP contribution is -2.45. The number of halogens is 2. The number of likely N-dealkylation sites (N-methyl/N-ethyl adjacent to an activating group) is 1. The van der Waals surface area contributed by atoms with E-state index in [1.165, 1.54) is 0 Å². The van der Waals surface area contributed by atoms with Gasteiger partial charge in [-0.05, 0) is 26.1 Å². The van der Waals surface area contributed by atoms with Gasteiger partial charge in [0.1, 0.15) is 10.7 Å². The van der Waals surface area contributed by atoms with E-state index in [-0.39, 0.29) is 32.1 Å². The molecule has 3 heterocycles. The molecule has 2 aromatic heterocycles. The molecule has 0 aliphatic carbocycles. The van der Waals surface area contributed by atoms with E-state index in [9.17, 15) is 4.79 Å². The summed E-state index contributed by atoms with van der Waals surface area (Å²) in [4.78, 5) is 31.1. The fraction of sp³-hybridized carbons (Fsp3) is 0.300. The minimum Gasteiger partial charge on any atom is -0.382 e. The number of nitrogens with two attached hydrogens (primary N) is 1. The van der Waals surface area contributed by atoms with Gasteiger partial charge < -0.3 is 20.9 Å². The number of thiazole rings is 1. The normalized spacial score (nSPS) is 14.6. The molecular formula is C20H21Cl2N7OS. The topological polar surface area (TPSA) is 100 Å². The number of rotatable bonds is 5. The molecule has 162 valence electrons. The van der Waals surface area contributed by atoms with E-state index in [1.807, 2.05) is 6.92 Å². The maximum Gasteiger partial charge on any atom is 0.225 e. The summed E-state index contributed by atoms with van der Waals surface area (Å²) >= 11 is 13.5. The molecule has 0 radical (unpaired) electrons. The highest BCUT2D eigenvalue weighted by molar-refractivity contribution is 7.18. The molecule has 0 amide bonds. The van der Waals surface area contributed by atoms with Gasteiger partial charge in [-0.2, -0.15) is 0 Å². The number of nitrogens with one attached hydrogen (secondary N) is 1. The minimum absolute atomic E-state index is 0.112. The Morgan fingerprint density at radius 2 is 1.84 bits per heavy atom. The summed E-state index contributed by atoms with van der Waals surface area (Å²) in [5.74, 6) is 0.456. The van der Waals surface area contributed by atoms with E-state index in [4.69, 9.17) is 28.9 Å². The summed E-state index contributed by atoms with van der Waals surface area (Å²) in [6, 6.07) is 4.90. The van der Waals surface area contributed by atoms with Gasteiger partial charge in [0.25, 0.3) is 0 Å². The third-order valence-electron chi connectivity index (χ3n) is 5.04. The predicted molar refractivity (Wildman–Crippen MR) is 126 cm³/mol. The Hall–Kier alpha value is -2.46. The van der Waals surface area contributed by atoms with Crippen LogP contribution in [0.2, 0.25) is 10.0 Å². The molecule has 0 atom stereocenters. The summed E-state index contributed by atoms with van der Waals surface area (Å²) in [6.07, 6.45) is 1.72. The van der Waals surface area contributed by atoms with Gasteiger partial charge in [-0.1, -0.05) is 40.6 Å². The summed E-state index contributed by atoms with van der Waals surface area (Å²) in [5.41, 5.74) is 7.70. The number of carbonyl (C=O) groups excluding carboxylic acids is 1. The lowest BCUT2D eigenvalue weighted by molar-refractivity contribution is 0.104. The molecule has 1 saturated heterocycles. The summed E-state index contributed by atoms with van der Waals surface area (Å²) in [5, 5.41) is 4.16. The number of benzene rings is 1. The number of ketones is 1. The van der Waals surface area contributed by atoms with Crippen molar-refractivity contribution in [2.75, 3.05) is 49.2 Å². The standard InChI is InChI=1S/C20H21Cl2N7OS/c1-11-14(10-24-19(25-11)29-8-6-28(2)7-9-29)26-20-27-18(23)17(31-20)16(30)15-12(21)4-3-5-13(15)22/h3-5,10H,6-9,23H2,1-2H3,(H,26,27). The van der Waals surface area contributed by atoms with Crippen molar-refractivity contribution in [2.45, 2.75) is 6.92 Å². The highest BCUT2D eigenvalue weighted by Crippen LogP contribution is 2.34. The van der Waals surface area contributed by atoms with E-state index in [1.54, 1.807) is 24.4 Å². The Morgan fingerprint density at radius 3 is 2.48 bits per heavy atom. The third kappa shape index (κ3) is 4.59. The second kappa shape index (κ2) is 8.96. The quantitative estimate of drug-likeness (QED) is 0.534. The zero-order valence-electron chi connectivity index (χ0n) is 17.0. The van der Waals surface area contributed by atoms with Gasteiger partial charge in [0, 0.05) is 26.2 Å². The maximum absolute atomic E-state index is 12.9. The van der Waals surface area contributed by atoms with Crippen LogP contribution >= 0.6 is 34.5 Å². The van der Waals surface area contributed by atoms with Crippen LogP contribution in [-0.2, 0) is 0 Å². The van der Waals surface area contributed by atoms with Gasteiger partial charge in [-0.3, -0.25) is 4.79 Å². The number of anilines is 4. The highest BCUT2D eigenvalue weighted by Gasteiger charge is 2.23. The van der Waals surface area contributed by atoms with Crippen molar-refractivity contribution in [1.82, 2.24) is 19.9 Å². The monoisotopic (exact) mass is 477 g/mol. The number of carbonyl (C=O) groups is 1. The molecule has 4 rings (SSSR count). The molecule has 3 N–H and O–H groups in total. The number of hydrogen-bond acceptors (Lipinski definition) is 9. The van der Waals surface area contributed by atoms with E-state index in [2.05, 4.69) is 37.1 Å². The molecule has 1 aromatic carbocycles. The number of aromatic nitrogens is 3. The fourth-order valence-electron chi connectivity index (χ4n) is 3.23. The van der Waals surface area contributed by atoms with Crippen molar-refractivity contribution in [1.29, 1.82) is 0 Å². The average Bonchev–Trinajstić information content (AvgIpc) is 3.10. The second-order valence-corrected chi connectivity index (χ2v) is 9.06. The molecule has 0 unspecified atom stereocenters. The number of piperazine rings is 1. The van der Waals surface area contributed by atoms with Crippen LogP contribution in [0.1, 0.15) is 20.9 Å². The molecule has 0 saturated carbocycles. The van der Waals surface area contributed by atoms with Gasteiger partial charge in [0.05, 0.1) is 33.2 Å². The Morgan fingerprint density at radius 1 is 1.16 bits per heavy atom. The molecule has 11 heteroatoms. The van der Waals surface area contributed by atoms with E-state index < -0.39 is 0 Å². The summed E-state index contributed by atoms with van der Waals surface area (Å²) < 4.78 is 0. The van der Waals surface area contributed by atoms with Crippen molar-refractivity contribution in [3.8, 4) is 0 Å². The first-order valence-corrected chi connectivity index (χ1v) is 11.2. The van der Waals surface area contributed by atoms with Gasteiger partial charge in [0.15, 0.2) is 5.13 Å². The van der Waals surface area contributed by atoms with E-state index in [0.29, 0.717) is 16.8 Å². The zero-order valence-corrected chi connectivity index (χ0v) is 19.4.